The molecule has 0 fully saturated rings. The quantitative estimate of drug-likeness (QED) is 0.642. The monoisotopic (exact) mass is 295 g/mol. The lowest BCUT2D eigenvalue weighted by atomic mass is 10.1. The van der Waals surface area contributed by atoms with Crippen molar-refractivity contribution in [3.05, 3.63) is 28.3 Å². The molecule has 1 aromatic rings. The lowest BCUT2D eigenvalue weighted by Gasteiger charge is -2.24. The number of hydrogen-bond donors (Lipinski definition) is 2. The number of nitrogens with zero attached hydrogens (tertiary/aromatic N) is 1. The van der Waals surface area contributed by atoms with Crippen LogP contribution in [-0.2, 0) is 4.79 Å². The maximum absolute atomic E-state index is 12.0. The number of rotatable bonds is 5. The van der Waals surface area contributed by atoms with E-state index in [9.17, 15) is 14.9 Å². The fourth-order valence-electron chi connectivity index (χ4n) is 1.77. The zero-order chi connectivity index (χ0) is 16.2. The maximum atomic E-state index is 12.0. The zero-order valence-electron chi connectivity index (χ0n) is 12.9. The van der Waals surface area contributed by atoms with Crippen LogP contribution >= 0.6 is 0 Å². The molecule has 7 heteroatoms. The number of benzene rings is 1. The molecule has 0 aliphatic heterocycles. The molecule has 0 saturated heterocycles. The third-order valence-electron chi connectivity index (χ3n) is 2.66. The van der Waals surface area contributed by atoms with Gasteiger partial charge in [0, 0.05) is 5.54 Å². The summed E-state index contributed by atoms with van der Waals surface area (Å²) in [6.07, 6.45) is 0. The number of nitrogens with one attached hydrogen (secondary N) is 2. The highest BCUT2D eigenvalue weighted by atomic mass is 16.6. The summed E-state index contributed by atoms with van der Waals surface area (Å²) < 4.78 is 4.99. The van der Waals surface area contributed by atoms with Crippen molar-refractivity contribution in [3.63, 3.8) is 0 Å². The van der Waals surface area contributed by atoms with Crippen LogP contribution in [0.3, 0.4) is 0 Å². The van der Waals surface area contributed by atoms with Crippen molar-refractivity contribution in [1.29, 1.82) is 0 Å². The van der Waals surface area contributed by atoms with Gasteiger partial charge in [-0.3, -0.25) is 14.9 Å². The van der Waals surface area contributed by atoms with Gasteiger partial charge in [-0.1, -0.05) is 6.07 Å². The van der Waals surface area contributed by atoms with Gasteiger partial charge in [0.05, 0.1) is 12.0 Å². The fraction of sp³-hybridized carbons (Fsp3) is 0.500. The van der Waals surface area contributed by atoms with Crippen molar-refractivity contribution >= 4 is 17.3 Å². The first-order valence-corrected chi connectivity index (χ1v) is 6.55. The van der Waals surface area contributed by atoms with Crippen LogP contribution in [0.5, 0.6) is 5.75 Å². The van der Waals surface area contributed by atoms with Crippen molar-refractivity contribution in [3.8, 4) is 5.75 Å². The van der Waals surface area contributed by atoms with Crippen molar-refractivity contribution in [1.82, 2.24) is 5.32 Å². The standard InChI is InChI=1S/C14H21N3O4/c1-9(13(18)16-14(2,3)4)15-10-7-6-8-11(21-5)12(10)17(19)20/h6-9,15H,1-5H3,(H,16,18). The molecule has 1 atom stereocenters. The number of hydrogen-bond acceptors (Lipinski definition) is 5. The molecule has 1 aromatic carbocycles. The topological polar surface area (TPSA) is 93.5 Å². The van der Waals surface area contributed by atoms with E-state index in [4.69, 9.17) is 4.74 Å². The predicted molar refractivity (Wildman–Crippen MR) is 80.6 cm³/mol. The molecule has 1 unspecified atom stereocenters. The van der Waals surface area contributed by atoms with Crippen LogP contribution in [0.25, 0.3) is 0 Å². The number of carbonyl (C=O) groups is 1. The van der Waals surface area contributed by atoms with Gasteiger partial charge in [-0.25, -0.2) is 0 Å². The Morgan fingerprint density at radius 3 is 2.48 bits per heavy atom. The normalized spacial score (nSPS) is 12.4. The molecule has 0 spiro atoms. The summed E-state index contributed by atoms with van der Waals surface area (Å²) in [4.78, 5) is 22.7. The number of methoxy groups -OCH3 is 1. The third kappa shape index (κ3) is 4.62. The Labute approximate surface area is 123 Å². The minimum absolute atomic E-state index is 0.147. The Kier molecular flexibility index (Phi) is 5.12. The molecule has 0 heterocycles. The van der Waals surface area contributed by atoms with Crippen molar-refractivity contribution in [2.24, 2.45) is 0 Å². The molecule has 0 radical (unpaired) electrons. The highest BCUT2D eigenvalue weighted by Crippen LogP contribution is 2.34. The van der Waals surface area contributed by atoms with E-state index in [0.717, 1.165) is 0 Å². The molecule has 0 aromatic heterocycles. The van der Waals surface area contributed by atoms with Crippen LogP contribution in [0.15, 0.2) is 18.2 Å². The number of amides is 1. The van der Waals surface area contributed by atoms with Crippen LogP contribution in [0, 0.1) is 10.1 Å². The first-order valence-electron chi connectivity index (χ1n) is 6.55. The van der Waals surface area contributed by atoms with E-state index >= 15 is 0 Å². The zero-order valence-corrected chi connectivity index (χ0v) is 12.9. The second-order valence-electron chi connectivity index (χ2n) is 5.72. The highest BCUT2D eigenvalue weighted by Gasteiger charge is 2.24. The first-order chi connectivity index (χ1) is 9.65. The second-order valence-corrected chi connectivity index (χ2v) is 5.72. The lowest BCUT2D eigenvalue weighted by molar-refractivity contribution is -0.384. The van der Waals surface area contributed by atoms with E-state index in [0.29, 0.717) is 0 Å². The highest BCUT2D eigenvalue weighted by molar-refractivity contribution is 5.86. The van der Waals surface area contributed by atoms with E-state index in [-0.39, 0.29) is 28.6 Å². The van der Waals surface area contributed by atoms with E-state index in [1.165, 1.54) is 13.2 Å². The van der Waals surface area contributed by atoms with Crippen LogP contribution in [0.2, 0.25) is 0 Å². The average Bonchev–Trinajstić information content (AvgIpc) is 2.35. The van der Waals surface area contributed by atoms with Gasteiger partial charge in [-0.2, -0.15) is 0 Å². The molecule has 0 bridgehead atoms. The molecule has 1 amide bonds. The Balaban J connectivity index is 2.97. The largest absolute Gasteiger partial charge is 0.490 e. The molecule has 0 saturated carbocycles. The smallest absolute Gasteiger partial charge is 0.333 e. The number of carbonyl (C=O) groups excluding carboxylic acids is 1. The summed E-state index contributed by atoms with van der Waals surface area (Å²) in [5.74, 6) is -0.0898. The average molecular weight is 295 g/mol. The van der Waals surface area contributed by atoms with Gasteiger partial charge >= 0.3 is 5.69 Å². The fourth-order valence-corrected chi connectivity index (χ4v) is 1.77. The summed E-state index contributed by atoms with van der Waals surface area (Å²) in [6, 6.07) is 4.06. The minimum atomic E-state index is -0.616. The molecule has 1 rings (SSSR count). The second kappa shape index (κ2) is 6.43. The Bertz CT molecular complexity index is 538. The molecular formula is C14H21N3O4. The van der Waals surface area contributed by atoms with Gasteiger partial charge in [0.2, 0.25) is 5.91 Å². The third-order valence-corrected chi connectivity index (χ3v) is 2.66. The van der Waals surface area contributed by atoms with Gasteiger partial charge in [0.25, 0.3) is 0 Å². The number of nitro groups is 1. The number of ether oxygens (including phenoxy) is 1. The summed E-state index contributed by atoms with van der Waals surface area (Å²) >= 11 is 0. The molecule has 21 heavy (non-hydrogen) atoms. The van der Waals surface area contributed by atoms with E-state index in [2.05, 4.69) is 10.6 Å². The molecule has 0 aliphatic rings. The molecule has 7 nitrogen and oxygen atoms in total. The van der Waals surface area contributed by atoms with Gasteiger partial charge < -0.3 is 15.4 Å². The van der Waals surface area contributed by atoms with Crippen LogP contribution in [0.4, 0.5) is 11.4 Å². The van der Waals surface area contributed by atoms with Crippen molar-refractivity contribution in [2.75, 3.05) is 12.4 Å². The molecule has 0 aliphatic carbocycles. The Hall–Kier alpha value is -2.31. The number of para-hydroxylation sites is 1. The summed E-state index contributed by atoms with van der Waals surface area (Å²) in [5, 5.41) is 16.8. The van der Waals surface area contributed by atoms with Crippen molar-refractivity contribution < 1.29 is 14.5 Å². The Morgan fingerprint density at radius 1 is 1.38 bits per heavy atom. The summed E-state index contributed by atoms with van der Waals surface area (Å²) in [6.45, 7) is 7.24. The first kappa shape index (κ1) is 16.7. The predicted octanol–water partition coefficient (Wildman–Crippen LogP) is 2.32. The van der Waals surface area contributed by atoms with Gasteiger partial charge in [0.1, 0.15) is 11.7 Å². The number of anilines is 1. The Morgan fingerprint density at radius 2 is 2.00 bits per heavy atom. The van der Waals surface area contributed by atoms with Gasteiger partial charge in [0.15, 0.2) is 5.75 Å². The van der Waals surface area contributed by atoms with Crippen LogP contribution in [0.1, 0.15) is 27.7 Å². The minimum Gasteiger partial charge on any atom is -0.490 e. The van der Waals surface area contributed by atoms with Crippen LogP contribution in [-0.4, -0.2) is 29.5 Å². The van der Waals surface area contributed by atoms with Gasteiger partial charge in [-0.15, -0.1) is 0 Å². The molecule has 116 valence electrons. The summed E-state index contributed by atoms with van der Waals surface area (Å²) in [5.41, 5.74) is -0.306. The molecular weight excluding hydrogens is 274 g/mol. The summed E-state index contributed by atoms with van der Waals surface area (Å²) in [7, 11) is 1.36. The number of nitro benzene ring substituents is 1. The van der Waals surface area contributed by atoms with Gasteiger partial charge in [-0.05, 0) is 39.8 Å². The van der Waals surface area contributed by atoms with Crippen molar-refractivity contribution in [2.45, 2.75) is 39.3 Å². The lowest BCUT2D eigenvalue weighted by Crippen LogP contribution is -2.47. The van der Waals surface area contributed by atoms with Crippen LogP contribution < -0.4 is 15.4 Å². The van der Waals surface area contributed by atoms with E-state index < -0.39 is 11.0 Å². The maximum Gasteiger partial charge on any atom is 0.333 e. The molecule has 2 N–H and O–H groups in total. The SMILES string of the molecule is COc1cccc(NC(C)C(=O)NC(C)(C)C)c1[N+](=O)[O-]. The van der Waals surface area contributed by atoms with E-state index in [1.54, 1.807) is 19.1 Å². The van der Waals surface area contributed by atoms with E-state index in [1.807, 2.05) is 20.8 Å².